The maximum atomic E-state index is 13.0. The molecule has 0 radical (unpaired) electrons. The first-order valence-corrected chi connectivity index (χ1v) is 11.0. The van der Waals surface area contributed by atoms with E-state index in [2.05, 4.69) is 20.1 Å². The molecule has 4 rings (SSSR count). The van der Waals surface area contributed by atoms with Gasteiger partial charge in [0.1, 0.15) is 11.3 Å². The molecule has 3 heterocycles. The van der Waals surface area contributed by atoms with Crippen molar-refractivity contribution in [3.8, 4) is 11.3 Å². The van der Waals surface area contributed by atoms with Gasteiger partial charge in [0, 0.05) is 54.4 Å². The number of rotatable bonds is 2. The predicted octanol–water partition coefficient (Wildman–Crippen LogP) is 5.16. The van der Waals surface area contributed by atoms with Crippen LogP contribution in [0, 0.1) is 0 Å². The summed E-state index contributed by atoms with van der Waals surface area (Å²) in [6, 6.07) is 6.59. The highest BCUT2D eigenvalue weighted by molar-refractivity contribution is 5.99. The molecule has 1 atom stereocenters. The van der Waals surface area contributed by atoms with E-state index < -0.39 is 17.3 Å². The molecule has 0 spiro atoms. The summed E-state index contributed by atoms with van der Waals surface area (Å²) in [5.74, 6) is 0.620. The van der Waals surface area contributed by atoms with Crippen LogP contribution >= 0.6 is 0 Å². The molecule has 1 saturated heterocycles. The van der Waals surface area contributed by atoms with Gasteiger partial charge in [-0.3, -0.25) is 4.98 Å². The van der Waals surface area contributed by atoms with Crippen molar-refractivity contribution >= 4 is 22.7 Å². The third kappa shape index (κ3) is 4.90. The van der Waals surface area contributed by atoms with E-state index in [4.69, 9.17) is 4.74 Å². The lowest BCUT2D eigenvalue weighted by atomic mass is 10.0. The number of carbonyl (C=O) groups excluding carboxylic acids is 1. The number of ether oxygens (including phenoxy) is 1. The minimum atomic E-state index is -4.41. The molecule has 1 fully saturated rings. The number of piperazine rings is 1. The first-order chi connectivity index (χ1) is 15.9. The van der Waals surface area contributed by atoms with Crippen molar-refractivity contribution in [2.75, 3.05) is 24.5 Å². The zero-order valence-corrected chi connectivity index (χ0v) is 19.4. The van der Waals surface area contributed by atoms with Crippen molar-refractivity contribution in [2.24, 2.45) is 0 Å². The van der Waals surface area contributed by atoms with E-state index in [9.17, 15) is 18.0 Å². The van der Waals surface area contributed by atoms with Crippen molar-refractivity contribution < 1.29 is 22.7 Å². The molecule has 0 saturated carbocycles. The van der Waals surface area contributed by atoms with Crippen LogP contribution in [0.5, 0.6) is 0 Å². The molecule has 34 heavy (non-hydrogen) atoms. The molecule has 1 aromatic carbocycles. The van der Waals surface area contributed by atoms with Crippen LogP contribution in [0.2, 0.25) is 0 Å². The van der Waals surface area contributed by atoms with Crippen molar-refractivity contribution in [3.63, 3.8) is 0 Å². The molecule has 0 bridgehead atoms. The second kappa shape index (κ2) is 8.73. The summed E-state index contributed by atoms with van der Waals surface area (Å²) in [4.78, 5) is 20.5. The first kappa shape index (κ1) is 23.7. The monoisotopic (exact) mass is 473 g/mol. The summed E-state index contributed by atoms with van der Waals surface area (Å²) >= 11 is 0. The number of carbonyl (C=O) groups is 1. The molecular formula is C24H26F3N5O2. The van der Waals surface area contributed by atoms with Gasteiger partial charge in [-0.1, -0.05) is 12.1 Å². The maximum absolute atomic E-state index is 13.0. The Morgan fingerprint density at radius 3 is 2.35 bits per heavy atom. The number of alkyl halides is 3. The number of amides is 1. The van der Waals surface area contributed by atoms with E-state index >= 15 is 0 Å². The number of fused-ring (bicyclic) bond motifs is 1. The molecule has 0 N–H and O–H groups in total. The second-order valence-electron chi connectivity index (χ2n) is 9.34. The van der Waals surface area contributed by atoms with Crippen molar-refractivity contribution in [2.45, 2.75) is 45.5 Å². The summed E-state index contributed by atoms with van der Waals surface area (Å²) in [5, 5.41) is 10.3. The third-order valence-corrected chi connectivity index (χ3v) is 5.60. The quantitative estimate of drug-likeness (QED) is 0.512. The van der Waals surface area contributed by atoms with Gasteiger partial charge in [-0.25, -0.2) is 4.79 Å². The Kier molecular flexibility index (Phi) is 6.09. The Morgan fingerprint density at radius 1 is 1.03 bits per heavy atom. The van der Waals surface area contributed by atoms with Crippen LogP contribution in [0.4, 0.5) is 23.8 Å². The number of pyridine rings is 1. The van der Waals surface area contributed by atoms with Crippen LogP contribution in [0.25, 0.3) is 22.0 Å². The Hall–Kier alpha value is -3.43. The largest absolute Gasteiger partial charge is 0.444 e. The number of nitrogens with zero attached hydrogens (tertiary/aromatic N) is 5. The van der Waals surface area contributed by atoms with Gasteiger partial charge in [-0.2, -0.15) is 13.2 Å². The average Bonchev–Trinajstić information content (AvgIpc) is 2.77. The van der Waals surface area contributed by atoms with Gasteiger partial charge in [-0.15, -0.1) is 10.2 Å². The van der Waals surface area contributed by atoms with E-state index in [1.54, 1.807) is 23.4 Å². The third-order valence-electron chi connectivity index (χ3n) is 5.60. The normalized spacial score (nSPS) is 17.2. The lowest BCUT2D eigenvalue weighted by molar-refractivity contribution is -0.137. The predicted molar refractivity (Wildman–Crippen MR) is 122 cm³/mol. The molecule has 1 aliphatic heterocycles. The summed E-state index contributed by atoms with van der Waals surface area (Å²) in [6.07, 6.45) is -1.46. The van der Waals surface area contributed by atoms with Gasteiger partial charge in [0.05, 0.1) is 5.56 Å². The molecule has 1 amide bonds. The Morgan fingerprint density at radius 2 is 1.74 bits per heavy atom. The van der Waals surface area contributed by atoms with Crippen LogP contribution in [0.1, 0.15) is 33.3 Å². The van der Waals surface area contributed by atoms with Crippen LogP contribution in [-0.4, -0.2) is 57.5 Å². The summed E-state index contributed by atoms with van der Waals surface area (Å²) in [5.41, 5.74) is -0.275. The number of hydrogen-bond donors (Lipinski definition) is 0. The van der Waals surface area contributed by atoms with Gasteiger partial charge in [0.15, 0.2) is 5.82 Å². The van der Waals surface area contributed by atoms with E-state index in [0.717, 1.165) is 22.9 Å². The molecule has 3 aromatic rings. The highest BCUT2D eigenvalue weighted by Gasteiger charge is 2.32. The summed E-state index contributed by atoms with van der Waals surface area (Å²) in [7, 11) is 0. The van der Waals surface area contributed by atoms with Gasteiger partial charge < -0.3 is 14.5 Å². The van der Waals surface area contributed by atoms with Gasteiger partial charge in [0.25, 0.3) is 0 Å². The lowest BCUT2D eigenvalue weighted by Crippen LogP contribution is -2.55. The molecule has 0 aliphatic carbocycles. The van der Waals surface area contributed by atoms with Gasteiger partial charge >= 0.3 is 12.3 Å². The molecule has 10 heteroatoms. The van der Waals surface area contributed by atoms with Crippen LogP contribution in [0.3, 0.4) is 0 Å². The SMILES string of the molecule is C[C@@H]1CN(C(=O)OC(C)(C)C)CCN1c1nnc(-c2ccc(C(F)(F)F)cc2)c2ccncc12. The number of anilines is 1. The topological polar surface area (TPSA) is 71.5 Å². The first-order valence-electron chi connectivity index (χ1n) is 11.0. The maximum Gasteiger partial charge on any atom is 0.416 e. The number of benzene rings is 1. The highest BCUT2D eigenvalue weighted by Crippen LogP contribution is 2.34. The molecule has 0 unspecified atom stereocenters. The van der Waals surface area contributed by atoms with E-state index in [-0.39, 0.29) is 12.1 Å². The zero-order valence-electron chi connectivity index (χ0n) is 19.4. The van der Waals surface area contributed by atoms with E-state index in [1.165, 1.54) is 12.1 Å². The standard InChI is InChI=1S/C24H26F3N5O2/c1-15-14-31(22(33)34-23(2,3)4)11-12-32(15)21-19-13-28-10-9-18(19)20(29-30-21)16-5-7-17(8-6-16)24(25,26)27/h5-10,13,15H,11-12,14H2,1-4H3/t15-/m1/s1. The van der Waals surface area contributed by atoms with E-state index in [0.29, 0.717) is 36.7 Å². The molecule has 180 valence electrons. The lowest BCUT2D eigenvalue weighted by Gasteiger charge is -2.40. The fraction of sp³-hybridized carbons (Fsp3) is 0.417. The molecular weight excluding hydrogens is 447 g/mol. The second-order valence-corrected chi connectivity index (χ2v) is 9.34. The number of hydrogen-bond acceptors (Lipinski definition) is 6. The highest BCUT2D eigenvalue weighted by atomic mass is 19.4. The van der Waals surface area contributed by atoms with Crippen molar-refractivity contribution in [1.29, 1.82) is 0 Å². The zero-order chi connectivity index (χ0) is 24.7. The number of halogens is 3. The minimum absolute atomic E-state index is 0.0594. The summed E-state index contributed by atoms with van der Waals surface area (Å²) in [6.45, 7) is 8.93. The van der Waals surface area contributed by atoms with Gasteiger partial charge in [0.2, 0.25) is 0 Å². The molecule has 2 aromatic heterocycles. The smallest absolute Gasteiger partial charge is 0.416 e. The van der Waals surface area contributed by atoms with E-state index in [1.807, 2.05) is 27.7 Å². The van der Waals surface area contributed by atoms with Crippen LogP contribution in [0.15, 0.2) is 42.7 Å². The molecule has 7 nitrogen and oxygen atoms in total. The van der Waals surface area contributed by atoms with Crippen LogP contribution in [-0.2, 0) is 10.9 Å². The fourth-order valence-corrected chi connectivity index (χ4v) is 3.99. The minimum Gasteiger partial charge on any atom is -0.444 e. The van der Waals surface area contributed by atoms with Gasteiger partial charge in [-0.05, 0) is 45.9 Å². The van der Waals surface area contributed by atoms with Crippen LogP contribution < -0.4 is 4.90 Å². The fourth-order valence-electron chi connectivity index (χ4n) is 3.99. The average molecular weight is 473 g/mol. The Labute approximate surface area is 195 Å². The van der Waals surface area contributed by atoms with Crippen molar-refractivity contribution in [3.05, 3.63) is 48.3 Å². The molecule has 1 aliphatic rings. The number of aromatic nitrogens is 3. The van der Waals surface area contributed by atoms with Crippen molar-refractivity contribution in [1.82, 2.24) is 20.1 Å². The summed E-state index contributed by atoms with van der Waals surface area (Å²) < 4.78 is 44.4. The Bertz CT molecular complexity index is 1190. The Balaban J connectivity index is 1.63.